The molecule has 0 aliphatic rings. The van der Waals surface area contributed by atoms with E-state index >= 15 is 0 Å². The Morgan fingerprint density at radius 2 is 1.68 bits per heavy atom. The highest BCUT2D eigenvalue weighted by molar-refractivity contribution is 5.96. The number of hydrogen-bond acceptors (Lipinski definition) is 3. The van der Waals surface area contributed by atoms with Crippen molar-refractivity contribution < 1.29 is 14.3 Å². The van der Waals surface area contributed by atoms with Crippen molar-refractivity contribution in [2.24, 2.45) is 0 Å². The molecule has 0 unspecified atom stereocenters. The summed E-state index contributed by atoms with van der Waals surface area (Å²) >= 11 is 0. The minimum atomic E-state index is -0.709. The van der Waals surface area contributed by atoms with Crippen molar-refractivity contribution >= 4 is 11.9 Å². The lowest BCUT2D eigenvalue weighted by molar-refractivity contribution is -0.142. The topological polar surface area (TPSA) is 55.4 Å². The van der Waals surface area contributed by atoms with Crippen LogP contribution < -0.4 is 5.32 Å². The number of rotatable bonds is 5. The van der Waals surface area contributed by atoms with Gasteiger partial charge < -0.3 is 10.1 Å². The predicted octanol–water partition coefficient (Wildman–Crippen LogP) is 2.51. The number of methoxy groups -OCH3 is 1. The van der Waals surface area contributed by atoms with Gasteiger partial charge in [0.2, 0.25) is 0 Å². The molecule has 0 saturated heterocycles. The summed E-state index contributed by atoms with van der Waals surface area (Å²) in [5.74, 6) is -0.739. The molecule has 22 heavy (non-hydrogen) atoms. The van der Waals surface area contributed by atoms with Crippen molar-refractivity contribution in [1.82, 2.24) is 5.32 Å². The number of carbonyl (C=O) groups excluding carboxylic acids is 2. The third-order valence-electron chi connectivity index (χ3n) is 3.51. The molecule has 0 fully saturated rings. The highest BCUT2D eigenvalue weighted by Gasteiger charge is 2.23. The van der Waals surface area contributed by atoms with Gasteiger partial charge in [0.05, 0.1) is 7.11 Å². The first kappa shape index (κ1) is 15.8. The Bertz CT molecular complexity index is 652. The molecule has 0 saturated carbocycles. The highest BCUT2D eigenvalue weighted by atomic mass is 16.5. The van der Waals surface area contributed by atoms with E-state index in [4.69, 9.17) is 4.74 Å². The van der Waals surface area contributed by atoms with Gasteiger partial charge >= 0.3 is 5.97 Å². The maximum atomic E-state index is 12.2. The predicted molar refractivity (Wildman–Crippen MR) is 84.6 cm³/mol. The molecular formula is C18H19NO3. The van der Waals surface area contributed by atoms with Gasteiger partial charge in [-0.3, -0.25) is 4.79 Å². The Balaban J connectivity index is 2.15. The molecule has 1 amide bonds. The summed E-state index contributed by atoms with van der Waals surface area (Å²) in [6.07, 6.45) is 0.401. The first-order valence-corrected chi connectivity index (χ1v) is 7.10. The van der Waals surface area contributed by atoms with Crippen LogP contribution in [0.15, 0.2) is 54.6 Å². The van der Waals surface area contributed by atoms with Crippen LogP contribution in [0.5, 0.6) is 0 Å². The number of aryl methyl sites for hydroxylation is 1. The molecule has 0 aromatic heterocycles. The molecule has 0 radical (unpaired) electrons. The number of hydrogen-bond donors (Lipinski definition) is 1. The van der Waals surface area contributed by atoms with Crippen LogP contribution in [0.2, 0.25) is 0 Å². The van der Waals surface area contributed by atoms with Crippen LogP contribution in [-0.4, -0.2) is 25.0 Å². The maximum Gasteiger partial charge on any atom is 0.328 e. The Labute approximate surface area is 130 Å². The minimum Gasteiger partial charge on any atom is -0.467 e. The molecule has 2 aromatic rings. The van der Waals surface area contributed by atoms with Crippen molar-refractivity contribution in [2.75, 3.05) is 7.11 Å². The van der Waals surface area contributed by atoms with Crippen molar-refractivity contribution in [2.45, 2.75) is 19.4 Å². The van der Waals surface area contributed by atoms with E-state index in [0.717, 1.165) is 11.1 Å². The Morgan fingerprint density at radius 1 is 1.05 bits per heavy atom. The van der Waals surface area contributed by atoms with Gasteiger partial charge in [-0.15, -0.1) is 0 Å². The second-order valence-corrected chi connectivity index (χ2v) is 5.05. The van der Waals surface area contributed by atoms with Gasteiger partial charge in [0.25, 0.3) is 5.91 Å². The zero-order chi connectivity index (χ0) is 15.9. The summed E-state index contributed by atoms with van der Waals surface area (Å²) < 4.78 is 4.81. The molecule has 4 heteroatoms. The number of esters is 1. The Kier molecular flexibility index (Phi) is 5.31. The van der Waals surface area contributed by atoms with E-state index in [-0.39, 0.29) is 5.91 Å². The third-order valence-corrected chi connectivity index (χ3v) is 3.51. The fraction of sp³-hybridized carbons (Fsp3) is 0.222. The molecule has 2 aromatic carbocycles. The van der Waals surface area contributed by atoms with E-state index in [1.54, 1.807) is 24.3 Å². The molecular weight excluding hydrogens is 278 g/mol. The lowest BCUT2D eigenvalue weighted by Gasteiger charge is -2.17. The molecule has 0 spiro atoms. The van der Waals surface area contributed by atoms with Gasteiger partial charge in [0, 0.05) is 12.0 Å². The molecule has 1 atom stereocenters. The van der Waals surface area contributed by atoms with Crippen molar-refractivity contribution in [1.29, 1.82) is 0 Å². The van der Waals surface area contributed by atoms with Crippen molar-refractivity contribution in [3.05, 3.63) is 71.3 Å². The molecule has 0 heterocycles. The van der Waals surface area contributed by atoms with Gasteiger partial charge in [0.1, 0.15) is 6.04 Å². The summed E-state index contributed by atoms with van der Waals surface area (Å²) in [5.41, 5.74) is 2.60. The largest absolute Gasteiger partial charge is 0.467 e. The van der Waals surface area contributed by atoms with Crippen LogP contribution in [-0.2, 0) is 16.0 Å². The summed E-state index contributed by atoms with van der Waals surface area (Å²) in [4.78, 5) is 24.2. The van der Waals surface area contributed by atoms with Gasteiger partial charge in [-0.25, -0.2) is 4.79 Å². The average Bonchev–Trinajstić information content (AvgIpc) is 2.56. The van der Waals surface area contributed by atoms with E-state index in [0.29, 0.717) is 12.0 Å². The highest BCUT2D eigenvalue weighted by Crippen LogP contribution is 2.11. The quantitative estimate of drug-likeness (QED) is 0.863. The van der Waals surface area contributed by atoms with Crippen LogP contribution in [0.1, 0.15) is 21.5 Å². The standard InChI is InChI=1S/C18H19NO3/c1-13-8-6-7-11-15(13)12-16(18(21)22-2)19-17(20)14-9-4-3-5-10-14/h3-11,16H,12H2,1-2H3,(H,19,20)/t16-/m0/s1. The van der Waals surface area contributed by atoms with E-state index < -0.39 is 12.0 Å². The summed E-state index contributed by atoms with van der Waals surface area (Å²) in [5, 5.41) is 2.75. The van der Waals surface area contributed by atoms with Gasteiger partial charge in [-0.2, -0.15) is 0 Å². The second-order valence-electron chi connectivity index (χ2n) is 5.05. The molecule has 4 nitrogen and oxygen atoms in total. The van der Waals surface area contributed by atoms with Crippen LogP contribution in [0, 0.1) is 6.92 Å². The van der Waals surface area contributed by atoms with Crippen LogP contribution >= 0.6 is 0 Å². The van der Waals surface area contributed by atoms with E-state index in [1.165, 1.54) is 7.11 Å². The zero-order valence-electron chi connectivity index (χ0n) is 12.7. The van der Waals surface area contributed by atoms with Crippen LogP contribution in [0.25, 0.3) is 0 Å². The Morgan fingerprint density at radius 3 is 2.32 bits per heavy atom. The lowest BCUT2D eigenvalue weighted by atomic mass is 10.0. The number of nitrogens with one attached hydrogen (secondary N) is 1. The van der Waals surface area contributed by atoms with E-state index in [9.17, 15) is 9.59 Å². The fourth-order valence-corrected chi connectivity index (χ4v) is 2.23. The average molecular weight is 297 g/mol. The molecule has 1 N–H and O–H groups in total. The molecule has 0 aliphatic heterocycles. The van der Waals surface area contributed by atoms with Gasteiger partial charge in [0.15, 0.2) is 0 Å². The number of benzene rings is 2. The Hall–Kier alpha value is -2.62. The molecule has 0 aliphatic carbocycles. The fourth-order valence-electron chi connectivity index (χ4n) is 2.23. The first-order valence-electron chi connectivity index (χ1n) is 7.10. The summed E-state index contributed by atoms with van der Waals surface area (Å²) in [7, 11) is 1.32. The zero-order valence-corrected chi connectivity index (χ0v) is 12.7. The van der Waals surface area contributed by atoms with Gasteiger partial charge in [-0.1, -0.05) is 42.5 Å². The molecule has 0 bridgehead atoms. The first-order chi connectivity index (χ1) is 10.6. The smallest absolute Gasteiger partial charge is 0.328 e. The van der Waals surface area contributed by atoms with Crippen LogP contribution in [0.4, 0.5) is 0 Å². The van der Waals surface area contributed by atoms with E-state index in [2.05, 4.69) is 5.32 Å². The van der Waals surface area contributed by atoms with E-state index in [1.807, 2.05) is 37.3 Å². The second kappa shape index (κ2) is 7.41. The third kappa shape index (κ3) is 3.95. The van der Waals surface area contributed by atoms with Crippen molar-refractivity contribution in [3.8, 4) is 0 Å². The summed E-state index contributed by atoms with van der Waals surface area (Å²) in [6, 6.07) is 15.9. The van der Waals surface area contributed by atoms with Gasteiger partial charge in [-0.05, 0) is 30.2 Å². The van der Waals surface area contributed by atoms with Crippen LogP contribution in [0.3, 0.4) is 0 Å². The maximum absolute atomic E-state index is 12.2. The number of ether oxygens (including phenoxy) is 1. The minimum absolute atomic E-state index is 0.287. The van der Waals surface area contributed by atoms with Crippen molar-refractivity contribution in [3.63, 3.8) is 0 Å². The lowest BCUT2D eigenvalue weighted by Crippen LogP contribution is -2.43. The summed E-state index contributed by atoms with van der Waals surface area (Å²) in [6.45, 7) is 1.97. The number of carbonyl (C=O) groups is 2. The molecule has 114 valence electrons. The SMILES string of the molecule is COC(=O)[C@H](Cc1ccccc1C)NC(=O)c1ccccc1. The normalized spacial score (nSPS) is 11.5. The molecule has 2 rings (SSSR count). The number of amides is 1. The monoisotopic (exact) mass is 297 g/mol.